The number of aliphatic hydroxyl groups excluding tert-OH is 2. The third-order valence-electron chi connectivity index (χ3n) is 3.90. The largest absolute Gasteiger partial charge is 0.508 e. The summed E-state index contributed by atoms with van der Waals surface area (Å²) in [4.78, 5) is 18.2. The molecule has 8 heteroatoms. The fourth-order valence-electron chi connectivity index (χ4n) is 2.78. The van der Waals surface area contributed by atoms with Crippen molar-refractivity contribution in [3.05, 3.63) is 53.8 Å². The molecule has 0 fully saturated rings. The quantitative estimate of drug-likeness (QED) is 0.517. The minimum Gasteiger partial charge on any atom is -0.508 e. The highest BCUT2D eigenvalue weighted by molar-refractivity contribution is 7.50. The van der Waals surface area contributed by atoms with Crippen LogP contribution < -0.4 is 0 Å². The summed E-state index contributed by atoms with van der Waals surface area (Å²) in [7, 11) is -4.67. The van der Waals surface area contributed by atoms with Crippen molar-refractivity contribution >= 4 is 13.5 Å². The van der Waals surface area contributed by atoms with Crippen molar-refractivity contribution in [2.75, 3.05) is 0 Å². The van der Waals surface area contributed by atoms with Gasteiger partial charge in [-0.05, 0) is 42.3 Å². The fraction of sp³-hybridized carbons (Fsp3) is 0.312. The normalized spacial score (nSPS) is 22.2. The zero-order chi connectivity index (χ0) is 17.9. The van der Waals surface area contributed by atoms with Crippen LogP contribution in [-0.4, -0.2) is 36.9 Å². The lowest BCUT2D eigenvalue weighted by Crippen LogP contribution is -2.32. The molecule has 5 N–H and O–H groups in total. The topological polar surface area (TPSA) is 131 Å². The standard InChI is InChI=1S/C16H20NO6P/c1-2-13(10-3-5-11(18)6-4-10)16(20)14-9-12(19)7-8-15(14)17-24(21,22)23/h3-9,13-14,16,18-20H,2H2,1H3,(H2,21,22,23)/b17-15+. The lowest BCUT2D eigenvalue weighted by molar-refractivity contribution is 0.121. The number of phenols is 1. The van der Waals surface area contributed by atoms with Gasteiger partial charge in [-0.15, -0.1) is 0 Å². The Hall–Kier alpha value is -1.92. The van der Waals surface area contributed by atoms with Gasteiger partial charge in [-0.2, -0.15) is 4.76 Å². The molecule has 0 saturated heterocycles. The van der Waals surface area contributed by atoms with Crippen molar-refractivity contribution < 1.29 is 29.7 Å². The van der Waals surface area contributed by atoms with E-state index >= 15 is 0 Å². The van der Waals surface area contributed by atoms with Gasteiger partial charge in [0.05, 0.1) is 11.8 Å². The molecule has 1 aliphatic carbocycles. The first-order chi connectivity index (χ1) is 11.2. The maximum absolute atomic E-state index is 11.2. The summed E-state index contributed by atoms with van der Waals surface area (Å²) in [6.07, 6.45) is 3.36. The molecule has 1 aromatic carbocycles. The smallest absolute Gasteiger partial charge is 0.448 e. The number of nitrogens with zero attached hydrogens (tertiary/aromatic N) is 1. The van der Waals surface area contributed by atoms with Gasteiger partial charge in [0.1, 0.15) is 11.5 Å². The van der Waals surface area contributed by atoms with Crippen molar-refractivity contribution in [2.45, 2.75) is 25.4 Å². The van der Waals surface area contributed by atoms with Gasteiger partial charge in [-0.3, -0.25) is 0 Å². The Morgan fingerprint density at radius 1 is 1.17 bits per heavy atom. The molecule has 2 rings (SSSR count). The lowest BCUT2D eigenvalue weighted by atomic mass is 9.80. The molecule has 3 unspecified atom stereocenters. The number of aliphatic hydroxyl groups is 2. The number of hydrogen-bond acceptors (Lipinski definition) is 4. The van der Waals surface area contributed by atoms with Crippen LogP contribution in [0.4, 0.5) is 0 Å². The van der Waals surface area contributed by atoms with Crippen molar-refractivity contribution in [1.29, 1.82) is 0 Å². The van der Waals surface area contributed by atoms with E-state index in [1.54, 1.807) is 12.1 Å². The van der Waals surface area contributed by atoms with Gasteiger partial charge >= 0.3 is 7.75 Å². The van der Waals surface area contributed by atoms with Crippen LogP contribution in [0.15, 0.2) is 53.0 Å². The van der Waals surface area contributed by atoms with Crippen molar-refractivity contribution in [2.24, 2.45) is 10.7 Å². The summed E-state index contributed by atoms with van der Waals surface area (Å²) in [6.45, 7) is 1.86. The van der Waals surface area contributed by atoms with Crippen LogP contribution in [0.2, 0.25) is 0 Å². The lowest BCUT2D eigenvalue weighted by Gasteiger charge is -2.29. The van der Waals surface area contributed by atoms with Gasteiger partial charge in [-0.25, -0.2) is 4.57 Å². The molecule has 0 radical (unpaired) electrons. The minimum atomic E-state index is -4.67. The maximum Gasteiger partial charge on any atom is 0.448 e. The Balaban J connectivity index is 2.37. The number of allylic oxidation sites excluding steroid dienone is 2. The van der Waals surface area contributed by atoms with Crippen LogP contribution in [0.5, 0.6) is 5.75 Å². The zero-order valence-corrected chi connectivity index (χ0v) is 13.9. The SMILES string of the molecule is CCC(c1ccc(O)cc1)C(O)C1C=C(O)C=C/C1=N\P(=O)(O)O. The predicted octanol–water partition coefficient (Wildman–Crippen LogP) is 2.41. The molecule has 0 saturated carbocycles. The zero-order valence-electron chi connectivity index (χ0n) is 13.0. The summed E-state index contributed by atoms with van der Waals surface area (Å²) < 4.78 is 14.5. The van der Waals surface area contributed by atoms with E-state index in [2.05, 4.69) is 4.76 Å². The van der Waals surface area contributed by atoms with Crippen LogP contribution in [-0.2, 0) is 4.57 Å². The van der Waals surface area contributed by atoms with Crippen LogP contribution >= 0.6 is 7.75 Å². The Bertz CT molecular complexity index is 719. The van der Waals surface area contributed by atoms with E-state index in [0.29, 0.717) is 6.42 Å². The van der Waals surface area contributed by atoms with Gasteiger partial charge < -0.3 is 25.1 Å². The molecular weight excluding hydrogens is 333 g/mol. The molecule has 0 bridgehead atoms. The molecular formula is C16H20NO6P. The maximum atomic E-state index is 11.2. The molecule has 0 aromatic heterocycles. The Labute approximate surface area is 139 Å². The highest BCUT2D eigenvalue weighted by Gasteiger charge is 2.32. The Kier molecular flexibility index (Phi) is 5.62. The average molecular weight is 353 g/mol. The molecule has 0 aliphatic heterocycles. The number of benzene rings is 1. The molecule has 3 atom stereocenters. The fourth-order valence-corrected chi connectivity index (χ4v) is 3.28. The molecule has 130 valence electrons. The first-order valence-electron chi connectivity index (χ1n) is 7.43. The highest BCUT2D eigenvalue weighted by Crippen LogP contribution is 2.39. The minimum absolute atomic E-state index is 0.00543. The molecule has 1 aliphatic rings. The monoisotopic (exact) mass is 353 g/mol. The van der Waals surface area contributed by atoms with Crippen LogP contribution in [0, 0.1) is 5.92 Å². The van der Waals surface area contributed by atoms with E-state index in [0.717, 1.165) is 5.56 Å². The number of phenolic OH excluding ortho intramolecular Hbond substituents is 1. The summed E-state index contributed by atoms with van der Waals surface area (Å²) in [5, 5.41) is 29.8. The third-order valence-corrected chi connectivity index (χ3v) is 4.40. The second kappa shape index (κ2) is 7.32. The van der Waals surface area contributed by atoms with Crippen molar-refractivity contribution in [1.82, 2.24) is 0 Å². The highest BCUT2D eigenvalue weighted by atomic mass is 31.2. The van der Waals surface area contributed by atoms with Crippen LogP contribution in [0.1, 0.15) is 24.8 Å². The Morgan fingerprint density at radius 3 is 2.33 bits per heavy atom. The van der Waals surface area contributed by atoms with Gasteiger partial charge in [-0.1, -0.05) is 19.1 Å². The molecule has 0 heterocycles. The molecule has 0 amide bonds. The second-order valence-corrected chi connectivity index (χ2v) is 6.81. The van der Waals surface area contributed by atoms with Gasteiger partial charge in [0.25, 0.3) is 0 Å². The van der Waals surface area contributed by atoms with E-state index in [1.165, 1.54) is 30.4 Å². The first kappa shape index (κ1) is 18.4. The molecule has 7 nitrogen and oxygen atoms in total. The molecule has 24 heavy (non-hydrogen) atoms. The van der Waals surface area contributed by atoms with E-state index in [9.17, 15) is 19.9 Å². The summed E-state index contributed by atoms with van der Waals surface area (Å²) in [5.41, 5.74) is 0.770. The number of rotatable bonds is 5. The van der Waals surface area contributed by atoms with Gasteiger partial charge in [0.2, 0.25) is 0 Å². The van der Waals surface area contributed by atoms with E-state index < -0.39 is 19.8 Å². The number of hydrogen-bond donors (Lipinski definition) is 5. The predicted molar refractivity (Wildman–Crippen MR) is 90.0 cm³/mol. The summed E-state index contributed by atoms with van der Waals surface area (Å²) in [5.74, 6) is -1.23. The molecule has 0 spiro atoms. The van der Waals surface area contributed by atoms with Crippen LogP contribution in [0.25, 0.3) is 0 Å². The van der Waals surface area contributed by atoms with Crippen LogP contribution in [0.3, 0.4) is 0 Å². The number of aromatic hydroxyl groups is 1. The summed E-state index contributed by atoms with van der Waals surface area (Å²) >= 11 is 0. The van der Waals surface area contributed by atoms with Gasteiger partial charge in [0.15, 0.2) is 0 Å². The van der Waals surface area contributed by atoms with Crippen molar-refractivity contribution in [3.8, 4) is 5.75 Å². The van der Waals surface area contributed by atoms with E-state index in [4.69, 9.17) is 9.79 Å². The second-order valence-electron chi connectivity index (χ2n) is 5.59. The van der Waals surface area contributed by atoms with E-state index in [1.807, 2.05) is 6.92 Å². The third kappa shape index (κ3) is 4.55. The Morgan fingerprint density at radius 2 is 1.79 bits per heavy atom. The summed E-state index contributed by atoms with van der Waals surface area (Å²) in [6, 6.07) is 6.36. The average Bonchev–Trinajstić information content (AvgIpc) is 2.50. The van der Waals surface area contributed by atoms with E-state index in [-0.39, 0.29) is 23.1 Å². The van der Waals surface area contributed by atoms with Crippen molar-refractivity contribution in [3.63, 3.8) is 0 Å². The first-order valence-corrected chi connectivity index (χ1v) is 8.99. The molecule has 1 aromatic rings. The van der Waals surface area contributed by atoms with Gasteiger partial charge in [0, 0.05) is 11.8 Å².